The minimum Gasteiger partial charge on any atom is -0.236 e. The highest BCUT2D eigenvalue weighted by Crippen LogP contribution is 2.48. The largest absolute Gasteiger partial charge is 0.236 e. The van der Waals surface area contributed by atoms with Gasteiger partial charge >= 0.3 is 0 Å². The van der Waals surface area contributed by atoms with E-state index in [2.05, 4.69) is 152 Å². The van der Waals surface area contributed by atoms with Crippen LogP contribution in [0.15, 0.2) is 170 Å². The van der Waals surface area contributed by atoms with Crippen molar-refractivity contribution in [1.29, 1.82) is 0 Å². The highest BCUT2D eigenvalue weighted by atomic mass is 32.1. The smallest absolute Gasteiger partial charge is 0.164 e. The summed E-state index contributed by atoms with van der Waals surface area (Å²) in [5.74, 6) is 1.92. The molecule has 3 heterocycles. The summed E-state index contributed by atoms with van der Waals surface area (Å²) in [6.45, 7) is 0. The zero-order valence-electron chi connectivity index (χ0n) is 28.8. The lowest BCUT2D eigenvalue weighted by Gasteiger charge is -2.14. The third-order valence-corrected chi connectivity index (χ3v) is 12.4. The summed E-state index contributed by atoms with van der Waals surface area (Å²) in [5, 5.41) is 8.05. The Morgan fingerprint density at radius 2 is 1.00 bits per heavy atom. The Hall–Kier alpha value is -6.60. The van der Waals surface area contributed by atoms with Crippen LogP contribution >= 0.6 is 22.7 Å². The predicted octanol–water partition coefficient (Wildman–Crippen LogP) is 13.5. The van der Waals surface area contributed by atoms with E-state index in [1.165, 1.54) is 35.8 Å². The van der Waals surface area contributed by atoms with Crippen LogP contribution in [0.1, 0.15) is 0 Å². The Morgan fingerprint density at radius 3 is 1.81 bits per heavy atom. The summed E-state index contributed by atoms with van der Waals surface area (Å²) in [7, 11) is 0. The first kappa shape index (κ1) is 31.0. The van der Waals surface area contributed by atoms with Gasteiger partial charge in [-0.3, -0.25) is 0 Å². The SMILES string of the molecule is c1ccc(-c2nc(-c3ccc4ccccc4c3)nc(-c3cc(-c4c5sc(-c6ccccc6)nc5cc5sc6ccccc6c45)cc4ccccc34)n2)cc1. The van der Waals surface area contributed by atoms with E-state index in [1.54, 1.807) is 11.3 Å². The molecule has 0 saturated heterocycles. The Bertz CT molecular complexity index is 3220. The van der Waals surface area contributed by atoms with Gasteiger partial charge in [0, 0.05) is 48.0 Å². The first-order chi connectivity index (χ1) is 26.7. The summed E-state index contributed by atoms with van der Waals surface area (Å²) in [6, 6.07) is 59.7. The summed E-state index contributed by atoms with van der Waals surface area (Å²) in [6.07, 6.45) is 0. The molecular weight excluding hydrogens is 697 g/mol. The van der Waals surface area contributed by atoms with Crippen molar-refractivity contribution in [3.63, 3.8) is 0 Å². The van der Waals surface area contributed by atoms with Gasteiger partial charge in [-0.2, -0.15) is 0 Å². The van der Waals surface area contributed by atoms with E-state index >= 15 is 0 Å². The highest BCUT2D eigenvalue weighted by Gasteiger charge is 2.22. The number of fused-ring (bicyclic) bond motifs is 6. The number of benzene rings is 8. The summed E-state index contributed by atoms with van der Waals surface area (Å²) in [5.41, 5.74) is 7.29. The van der Waals surface area contributed by atoms with Crippen LogP contribution in [0.5, 0.6) is 0 Å². The molecule has 11 rings (SSSR count). The molecule has 0 radical (unpaired) electrons. The van der Waals surface area contributed by atoms with E-state index in [0.29, 0.717) is 17.5 Å². The van der Waals surface area contributed by atoms with Crippen LogP contribution in [-0.4, -0.2) is 19.9 Å². The molecule has 6 heteroatoms. The summed E-state index contributed by atoms with van der Waals surface area (Å²) < 4.78 is 3.66. The number of thiophene rings is 1. The standard InChI is InChI=1S/C48H28N4S2/c1-3-14-30(15-4-1)45-50-46(34-24-23-29-13-7-8-18-32(29)25-34)52-47(51-45)38-27-35(26-33-19-9-10-20-36(33)38)42-43-37-21-11-12-22-40(37)53-41(43)28-39-44(42)54-48(49-39)31-16-5-2-6-17-31/h1-28H. The molecular formula is C48H28N4S2. The normalized spacial score (nSPS) is 11.7. The van der Waals surface area contributed by atoms with Crippen LogP contribution in [0.2, 0.25) is 0 Å². The van der Waals surface area contributed by atoms with E-state index in [-0.39, 0.29) is 0 Å². The van der Waals surface area contributed by atoms with E-state index < -0.39 is 0 Å². The number of hydrogen-bond donors (Lipinski definition) is 0. The number of nitrogens with zero attached hydrogens (tertiary/aromatic N) is 4. The van der Waals surface area contributed by atoms with Crippen molar-refractivity contribution in [2.45, 2.75) is 0 Å². The van der Waals surface area contributed by atoms with E-state index in [9.17, 15) is 0 Å². The van der Waals surface area contributed by atoms with Crippen molar-refractivity contribution in [3.05, 3.63) is 170 Å². The Balaban J connectivity index is 1.21. The van der Waals surface area contributed by atoms with Gasteiger partial charge in [-0.15, -0.1) is 22.7 Å². The molecule has 0 spiro atoms. The van der Waals surface area contributed by atoms with Crippen molar-refractivity contribution in [2.24, 2.45) is 0 Å². The molecule has 8 aromatic carbocycles. The maximum Gasteiger partial charge on any atom is 0.164 e. The maximum absolute atomic E-state index is 5.27. The van der Waals surface area contributed by atoms with Gasteiger partial charge in [0.1, 0.15) is 5.01 Å². The highest BCUT2D eigenvalue weighted by molar-refractivity contribution is 7.26. The van der Waals surface area contributed by atoms with Crippen molar-refractivity contribution in [3.8, 4) is 55.9 Å². The molecule has 0 saturated carbocycles. The van der Waals surface area contributed by atoms with Gasteiger partial charge in [0.2, 0.25) is 0 Å². The fourth-order valence-electron chi connectivity index (χ4n) is 7.56. The van der Waals surface area contributed by atoms with E-state index in [1.807, 2.05) is 29.5 Å². The zero-order chi connectivity index (χ0) is 35.6. The molecule has 0 amide bonds. The lowest BCUT2D eigenvalue weighted by Crippen LogP contribution is -2.01. The van der Waals surface area contributed by atoms with Crippen LogP contribution < -0.4 is 0 Å². The summed E-state index contributed by atoms with van der Waals surface area (Å²) >= 11 is 3.58. The minimum absolute atomic E-state index is 0.637. The van der Waals surface area contributed by atoms with Gasteiger partial charge in [-0.05, 0) is 57.4 Å². The van der Waals surface area contributed by atoms with Crippen molar-refractivity contribution < 1.29 is 0 Å². The number of thiazole rings is 1. The molecule has 0 atom stereocenters. The molecule has 3 aromatic heterocycles. The zero-order valence-corrected chi connectivity index (χ0v) is 30.4. The molecule has 252 valence electrons. The third kappa shape index (κ3) is 5.18. The van der Waals surface area contributed by atoms with Gasteiger partial charge in [0.05, 0.1) is 10.2 Å². The first-order valence-corrected chi connectivity index (χ1v) is 19.5. The second-order valence-electron chi connectivity index (χ2n) is 13.4. The molecule has 0 aliphatic rings. The molecule has 0 unspecified atom stereocenters. The van der Waals surface area contributed by atoms with Gasteiger partial charge in [-0.25, -0.2) is 19.9 Å². The van der Waals surface area contributed by atoms with Gasteiger partial charge in [-0.1, -0.05) is 140 Å². The Kier molecular flexibility index (Phi) is 7.18. The van der Waals surface area contributed by atoms with Crippen molar-refractivity contribution in [1.82, 2.24) is 19.9 Å². The van der Waals surface area contributed by atoms with E-state index in [4.69, 9.17) is 19.9 Å². The van der Waals surface area contributed by atoms with Gasteiger partial charge in [0.15, 0.2) is 17.5 Å². The van der Waals surface area contributed by atoms with Gasteiger partial charge in [0.25, 0.3) is 0 Å². The molecule has 4 nitrogen and oxygen atoms in total. The number of hydrogen-bond acceptors (Lipinski definition) is 6. The quantitative estimate of drug-likeness (QED) is 0.177. The van der Waals surface area contributed by atoms with Crippen molar-refractivity contribution in [2.75, 3.05) is 0 Å². The Labute approximate surface area is 318 Å². The average molecular weight is 725 g/mol. The maximum atomic E-state index is 5.27. The van der Waals surface area contributed by atoms with Crippen LogP contribution in [0.4, 0.5) is 0 Å². The minimum atomic E-state index is 0.637. The lowest BCUT2D eigenvalue weighted by molar-refractivity contribution is 1.08. The van der Waals surface area contributed by atoms with E-state index in [0.717, 1.165) is 54.5 Å². The number of rotatable bonds is 5. The predicted molar refractivity (Wildman–Crippen MR) is 228 cm³/mol. The fraction of sp³-hybridized carbons (Fsp3) is 0. The molecule has 0 fully saturated rings. The molecule has 54 heavy (non-hydrogen) atoms. The first-order valence-electron chi connectivity index (χ1n) is 17.9. The monoisotopic (exact) mass is 724 g/mol. The van der Waals surface area contributed by atoms with Crippen LogP contribution in [0.3, 0.4) is 0 Å². The summed E-state index contributed by atoms with van der Waals surface area (Å²) in [4.78, 5) is 20.8. The topological polar surface area (TPSA) is 51.6 Å². The molecule has 11 aromatic rings. The lowest BCUT2D eigenvalue weighted by atomic mass is 9.93. The second kappa shape index (κ2) is 12.5. The van der Waals surface area contributed by atoms with Crippen molar-refractivity contribution >= 4 is 74.6 Å². The molecule has 0 bridgehead atoms. The van der Waals surface area contributed by atoms with Crippen LogP contribution in [0.25, 0.3) is 108 Å². The van der Waals surface area contributed by atoms with Crippen LogP contribution in [-0.2, 0) is 0 Å². The second-order valence-corrected chi connectivity index (χ2v) is 15.5. The average Bonchev–Trinajstić information content (AvgIpc) is 3.84. The molecule has 0 N–H and O–H groups in total. The third-order valence-electron chi connectivity index (χ3n) is 10.1. The number of aromatic nitrogens is 4. The fourth-order valence-corrected chi connectivity index (χ4v) is 9.83. The molecule has 0 aliphatic carbocycles. The molecule has 0 aliphatic heterocycles. The van der Waals surface area contributed by atoms with Gasteiger partial charge < -0.3 is 0 Å². The Morgan fingerprint density at radius 1 is 0.370 bits per heavy atom. The van der Waals surface area contributed by atoms with Crippen LogP contribution in [0, 0.1) is 0 Å².